The summed E-state index contributed by atoms with van der Waals surface area (Å²) in [5, 5.41) is 18.7. The predicted octanol–water partition coefficient (Wildman–Crippen LogP) is 1.88. The fraction of sp³-hybridized carbons (Fsp3) is 0.556. The maximum absolute atomic E-state index is 12.1. The Balaban J connectivity index is 2.55. The van der Waals surface area contributed by atoms with Crippen LogP contribution in [0.25, 0.3) is 0 Å². The van der Waals surface area contributed by atoms with Gasteiger partial charge in [0.1, 0.15) is 18.2 Å². The van der Waals surface area contributed by atoms with E-state index >= 15 is 0 Å². The Kier molecular flexibility index (Phi) is 7.70. The number of esters is 2. The van der Waals surface area contributed by atoms with Crippen LogP contribution in [-0.4, -0.2) is 40.4 Å². The van der Waals surface area contributed by atoms with E-state index in [1.165, 1.54) is 12.1 Å². The lowest BCUT2D eigenvalue weighted by Crippen LogP contribution is -2.39. The number of nitrogens with two attached hydrogens (primary N) is 1. The van der Waals surface area contributed by atoms with Gasteiger partial charge in [-0.25, -0.2) is 0 Å². The first-order valence-electron chi connectivity index (χ1n) is 8.33. The van der Waals surface area contributed by atoms with E-state index in [0.29, 0.717) is 12.0 Å². The van der Waals surface area contributed by atoms with E-state index in [4.69, 9.17) is 15.2 Å². The zero-order valence-electron chi connectivity index (χ0n) is 15.1. The van der Waals surface area contributed by atoms with Gasteiger partial charge in [-0.1, -0.05) is 19.9 Å². The van der Waals surface area contributed by atoms with Crippen molar-refractivity contribution in [2.24, 2.45) is 11.7 Å². The van der Waals surface area contributed by atoms with Gasteiger partial charge in [0.15, 0.2) is 11.5 Å². The van der Waals surface area contributed by atoms with Crippen molar-refractivity contribution in [3.63, 3.8) is 0 Å². The second-order valence-corrected chi connectivity index (χ2v) is 6.23. The van der Waals surface area contributed by atoms with E-state index < -0.39 is 24.2 Å². The minimum Gasteiger partial charge on any atom is -0.504 e. The van der Waals surface area contributed by atoms with Gasteiger partial charge in [-0.15, -0.1) is 0 Å². The molecule has 0 radical (unpaired) electrons. The van der Waals surface area contributed by atoms with Crippen LogP contribution in [0.3, 0.4) is 0 Å². The average Bonchev–Trinajstić information content (AvgIpc) is 2.56. The lowest BCUT2D eigenvalue weighted by molar-refractivity contribution is -0.168. The summed E-state index contributed by atoms with van der Waals surface area (Å²) in [7, 11) is 0. The maximum Gasteiger partial charge on any atom is 0.323 e. The van der Waals surface area contributed by atoms with Crippen LogP contribution < -0.4 is 5.73 Å². The largest absolute Gasteiger partial charge is 0.504 e. The van der Waals surface area contributed by atoms with E-state index in [9.17, 15) is 19.8 Å². The number of phenolic OH excluding ortho intramolecular Hbond substituents is 2. The molecule has 4 N–H and O–H groups in total. The Hall–Kier alpha value is -2.28. The van der Waals surface area contributed by atoms with Crippen molar-refractivity contribution in [3.05, 3.63) is 23.8 Å². The number of carbonyl (C=O) groups excluding carboxylic acids is 2. The van der Waals surface area contributed by atoms with Gasteiger partial charge in [0.05, 0.1) is 5.92 Å². The van der Waals surface area contributed by atoms with E-state index in [2.05, 4.69) is 0 Å². The van der Waals surface area contributed by atoms with Crippen molar-refractivity contribution in [3.8, 4) is 11.5 Å². The molecule has 1 aromatic carbocycles. The zero-order chi connectivity index (χ0) is 19.1. The molecule has 4 atom stereocenters. The Morgan fingerprint density at radius 2 is 1.60 bits per heavy atom. The molecular weight excluding hydrogens is 326 g/mol. The van der Waals surface area contributed by atoms with Crippen LogP contribution in [0.4, 0.5) is 0 Å². The molecule has 0 aliphatic carbocycles. The zero-order valence-corrected chi connectivity index (χ0v) is 15.1. The highest BCUT2D eigenvalue weighted by Crippen LogP contribution is 2.25. The predicted molar refractivity (Wildman–Crippen MR) is 92.0 cm³/mol. The third-order valence-electron chi connectivity index (χ3n) is 4.08. The Morgan fingerprint density at radius 1 is 1.04 bits per heavy atom. The molecule has 0 aromatic heterocycles. The molecule has 0 aliphatic rings. The van der Waals surface area contributed by atoms with Gasteiger partial charge in [-0.3, -0.25) is 9.59 Å². The van der Waals surface area contributed by atoms with Crippen LogP contribution in [0.1, 0.15) is 39.7 Å². The Morgan fingerprint density at radius 3 is 2.12 bits per heavy atom. The first kappa shape index (κ1) is 20.8. The van der Waals surface area contributed by atoms with Crippen LogP contribution in [0.5, 0.6) is 11.5 Å². The summed E-state index contributed by atoms with van der Waals surface area (Å²) in [6, 6.07) is 3.27. The summed E-state index contributed by atoms with van der Waals surface area (Å²) in [6.07, 6.45) is -0.417. The first-order valence-corrected chi connectivity index (χ1v) is 8.33. The molecule has 0 bridgehead atoms. The summed E-state index contributed by atoms with van der Waals surface area (Å²) in [6.45, 7) is 6.95. The lowest BCUT2D eigenvalue weighted by Gasteiger charge is -2.23. The number of phenols is 2. The number of carbonyl (C=O) groups is 2. The number of hydrogen-bond acceptors (Lipinski definition) is 7. The SMILES string of the molecule is CCC(C)C(=O)O[C@H](C)[C@@H](C)OC(=O)[C@@H](N)Cc1ccc(O)c(O)c1. The molecule has 1 unspecified atom stereocenters. The Bertz CT molecular complexity index is 603. The lowest BCUT2D eigenvalue weighted by atomic mass is 10.1. The second kappa shape index (κ2) is 9.27. The quantitative estimate of drug-likeness (QED) is 0.482. The van der Waals surface area contributed by atoms with E-state index in [-0.39, 0.29) is 29.8 Å². The summed E-state index contributed by atoms with van der Waals surface area (Å²) >= 11 is 0. The molecule has 7 heteroatoms. The van der Waals surface area contributed by atoms with Gasteiger partial charge >= 0.3 is 11.9 Å². The number of rotatable bonds is 8. The molecule has 1 rings (SSSR count). The summed E-state index contributed by atoms with van der Waals surface area (Å²) in [5.74, 6) is -1.70. The number of hydrogen-bond donors (Lipinski definition) is 3. The van der Waals surface area contributed by atoms with Crippen LogP contribution in [0.15, 0.2) is 18.2 Å². The highest BCUT2D eigenvalue weighted by molar-refractivity contribution is 5.76. The minimum absolute atomic E-state index is 0.139. The standard InChI is InChI=1S/C18H27NO6/c1-5-10(2)17(22)24-11(3)12(4)25-18(23)14(19)8-13-6-7-15(20)16(21)9-13/h6-7,9-12,14,20-21H,5,8,19H2,1-4H3/t10?,11-,12-,14+/m1/s1. The summed E-state index contributed by atoms with van der Waals surface area (Å²) in [5.41, 5.74) is 6.42. The van der Waals surface area contributed by atoms with Gasteiger partial charge in [-0.2, -0.15) is 0 Å². The normalized spacial score (nSPS) is 15.7. The highest BCUT2D eigenvalue weighted by Gasteiger charge is 2.25. The summed E-state index contributed by atoms with van der Waals surface area (Å²) in [4.78, 5) is 23.9. The molecule has 0 spiro atoms. The Labute approximate surface area is 147 Å². The third-order valence-corrected chi connectivity index (χ3v) is 4.08. The molecule has 7 nitrogen and oxygen atoms in total. The monoisotopic (exact) mass is 353 g/mol. The van der Waals surface area contributed by atoms with Gasteiger partial charge in [0.2, 0.25) is 0 Å². The average molecular weight is 353 g/mol. The van der Waals surface area contributed by atoms with Crippen LogP contribution >= 0.6 is 0 Å². The molecule has 25 heavy (non-hydrogen) atoms. The van der Waals surface area contributed by atoms with Gasteiger partial charge < -0.3 is 25.4 Å². The molecule has 0 heterocycles. The highest BCUT2D eigenvalue weighted by atomic mass is 16.6. The van der Waals surface area contributed by atoms with Crippen molar-refractivity contribution >= 4 is 11.9 Å². The van der Waals surface area contributed by atoms with Crippen LogP contribution in [0.2, 0.25) is 0 Å². The van der Waals surface area contributed by atoms with E-state index in [1.54, 1.807) is 26.8 Å². The van der Waals surface area contributed by atoms with Gasteiger partial charge in [-0.05, 0) is 44.4 Å². The topological polar surface area (TPSA) is 119 Å². The molecule has 0 saturated heterocycles. The molecule has 0 saturated carbocycles. The van der Waals surface area contributed by atoms with E-state index in [1.807, 2.05) is 6.92 Å². The van der Waals surface area contributed by atoms with Crippen molar-refractivity contribution in [1.82, 2.24) is 0 Å². The van der Waals surface area contributed by atoms with Crippen LogP contribution in [0, 0.1) is 5.92 Å². The van der Waals surface area contributed by atoms with Crippen molar-refractivity contribution in [2.45, 2.75) is 58.8 Å². The fourth-order valence-corrected chi connectivity index (χ4v) is 1.96. The molecule has 0 aliphatic heterocycles. The first-order chi connectivity index (χ1) is 11.6. The molecule has 0 amide bonds. The maximum atomic E-state index is 12.1. The van der Waals surface area contributed by atoms with Crippen LogP contribution in [-0.2, 0) is 25.5 Å². The number of aromatic hydroxyl groups is 2. The molecule has 140 valence electrons. The number of ether oxygens (including phenoxy) is 2. The molecule has 0 fully saturated rings. The molecule has 1 aromatic rings. The van der Waals surface area contributed by atoms with Gasteiger partial charge in [0.25, 0.3) is 0 Å². The second-order valence-electron chi connectivity index (χ2n) is 6.23. The third kappa shape index (κ3) is 6.26. The van der Waals surface area contributed by atoms with Crippen molar-refractivity contribution < 1.29 is 29.3 Å². The molecular formula is C18H27NO6. The summed E-state index contributed by atoms with van der Waals surface area (Å²) < 4.78 is 10.5. The fourth-order valence-electron chi connectivity index (χ4n) is 1.96. The van der Waals surface area contributed by atoms with Gasteiger partial charge in [0, 0.05) is 0 Å². The van der Waals surface area contributed by atoms with E-state index in [0.717, 1.165) is 0 Å². The minimum atomic E-state index is -0.941. The van der Waals surface area contributed by atoms with Crippen molar-refractivity contribution in [1.29, 1.82) is 0 Å². The number of benzene rings is 1. The smallest absolute Gasteiger partial charge is 0.323 e. The van der Waals surface area contributed by atoms with Crippen molar-refractivity contribution in [2.75, 3.05) is 0 Å².